The van der Waals surface area contributed by atoms with Gasteiger partial charge in [-0.05, 0) is 76.4 Å². The molecule has 3 aliphatic rings. The summed E-state index contributed by atoms with van der Waals surface area (Å²) in [5.41, 5.74) is 2.45. The van der Waals surface area contributed by atoms with E-state index in [-0.39, 0.29) is 30.9 Å². The Kier molecular flexibility index (Phi) is 7.66. The Morgan fingerprint density at radius 2 is 1.64 bits per heavy atom. The number of carbonyl (C=O) groups is 3. The minimum Gasteiger partial charge on any atom is -0.396 e. The monoisotopic (exact) mass is 550 g/mol. The number of aliphatic hydroxyl groups is 1. The summed E-state index contributed by atoms with van der Waals surface area (Å²) in [5, 5.41) is 15.6. The Labute approximate surface area is 234 Å². The fourth-order valence-electron chi connectivity index (χ4n) is 6.91. The molecule has 3 saturated heterocycles. The van der Waals surface area contributed by atoms with E-state index in [2.05, 4.69) is 36.3 Å². The number of hydrogen-bond donors (Lipinski definition) is 3. The summed E-state index contributed by atoms with van der Waals surface area (Å²) in [6, 6.07) is 16.3. The van der Waals surface area contributed by atoms with Crippen molar-refractivity contribution in [2.75, 3.05) is 41.8 Å². The van der Waals surface area contributed by atoms with Crippen molar-refractivity contribution in [1.29, 1.82) is 0 Å². The van der Waals surface area contributed by atoms with E-state index < -0.39 is 27.4 Å². The number of aliphatic hydroxyl groups excluding tert-OH is 1. The first-order valence-corrected chi connectivity index (χ1v) is 14.7. The van der Waals surface area contributed by atoms with E-state index in [1.807, 2.05) is 54.6 Å². The predicted molar refractivity (Wildman–Crippen MR) is 156 cm³/mol. The number of anilines is 3. The Bertz CT molecular complexity index is 1220. The SMILES string of the molecule is CCN(CC)c1ccc(NC(=O)C2N(CCCO)C(=O)[C@@H]3[C@@H](C(=O)Nc4ccccc4)[C@@]4(C)CCC23S4)cc1. The van der Waals surface area contributed by atoms with E-state index >= 15 is 0 Å². The second kappa shape index (κ2) is 10.8. The first-order chi connectivity index (χ1) is 18.8. The van der Waals surface area contributed by atoms with E-state index in [1.54, 1.807) is 16.7 Å². The fraction of sp³-hybridized carbons (Fsp3) is 0.500. The van der Waals surface area contributed by atoms with Crippen molar-refractivity contribution in [2.45, 2.75) is 55.6 Å². The molecule has 0 saturated carbocycles. The van der Waals surface area contributed by atoms with Gasteiger partial charge in [0, 0.05) is 48.1 Å². The quantitative estimate of drug-likeness (QED) is 0.414. The van der Waals surface area contributed by atoms with Crippen molar-refractivity contribution >= 4 is 46.5 Å². The standard InChI is InChI=1S/C30H38N4O4S/c1-4-33(5-2)22-14-12-21(13-15-22)32-27(37)25-30-17-16-29(3,39-30)23(24(30)28(38)34(25)18-9-19-35)26(36)31-20-10-7-6-8-11-20/h6-8,10-15,23-25,35H,4-5,9,16-19H2,1-3H3,(H,31,36)(H,32,37)/t23-,24-,25?,29+,30?/m0/s1. The molecule has 0 aliphatic carbocycles. The molecular formula is C30H38N4O4S. The average molecular weight is 551 g/mol. The number of benzene rings is 2. The predicted octanol–water partition coefficient (Wildman–Crippen LogP) is 3.97. The lowest BCUT2D eigenvalue weighted by Crippen LogP contribution is -2.52. The number of amides is 3. The van der Waals surface area contributed by atoms with E-state index in [4.69, 9.17) is 0 Å². The zero-order valence-corrected chi connectivity index (χ0v) is 23.7. The zero-order valence-electron chi connectivity index (χ0n) is 22.9. The van der Waals surface area contributed by atoms with Gasteiger partial charge in [0.05, 0.1) is 16.6 Å². The molecule has 0 radical (unpaired) electrons. The van der Waals surface area contributed by atoms with Crippen LogP contribution >= 0.6 is 11.8 Å². The summed E-state index contributed by atoms with van der Waals surface area (Å²) in [5.74, 6) is -1.72. The molecule has 0 aromatic heterocycles. The van der Waals surface area contributed by atoms with E-state index in [0.717, 1.165) is 25.2 Å². The number of carbonyl (C=O) groups excluding carboxylic acids is 3. The van der Waals surface area contributed by atoms with Gasteiger partial charge < -0.3 is 25.5 Å². The Hall–Kier alpha value is -3.04. The van der Waals surface area contributed by atoms with Gasteiger partial charge in [0.25, 0.3) is 0 Å². The number of nitrogens with one attached hydrogen (secondary N) is 2. The third-order valence-electron chi connectivity index (χ3n) is 8.67. The number of thioether (sulfide) groups is 1. The Morgan fingerprint density at radius 1 is 1.00 bits per heavy atom. The fourth-order valence-corrected chi connectivity index (χ4v) is 9.26. The highest BCUT2D eigenvalue weighted by Gasteiger charge is 2.77. The lowest BCUT2D eigenvalue weighted by atomic mass is 9.66. The molecular weight excluding hydrogens is 512 g/mol. The van der Waals surface area contributed by atoms with Crippen LogP contribution in [0.5, 0.6) is 0 Å². The summed E-state index contributed by atoms with van der Waals surface area (Å²) in [6.07, 6.45) is 1.82. The molecule has 3 N–H and O–H groups in total. The van der Waals surface area contributed by atoms with Gasteiger partial charge in [-0.25, -0.2) is 0 Å². The van der Waals surface area contributed by atoms with Crippen LogP contribution in [0, 0.1) is 11.8 Å². The van der Waals surface area contributed by atoms with Crippen molar-refractivity contribution in [2.24, 2.45) is 11.8 Å². The lowest BCUT2D eigenvalue weighted by Gasteiger charge is -2.34. The molecule has 1 spiro atoms. The molecule has 2 aromatic carbocycles. The summed E-state index contributed by atoms with van der Waals surface area (Å²) in [7, 11) is 0. The van der Waals surface area contributed by atoms with Crippen molar-refractivity contribution in [1.82, 2.24) is 4.90 Å². The largest absolute Gasteiger partial charge is 0.396 e. The number of hydrogen-bond acceptors (Lipinski definition) is 6. The van der Waals surface area contributed by atoms with Gasteiger partial charge in [0.2, 0.25) is 17.7 Å². The van der Waals surface area contributed by atoms with E-state index in [1.165, 1.54) is 0 Å². The van der Waals surface area contributed by atoms with Crippen molar-refractivity contribution in [3.05, 3.63) is 54.6 Å². The van der Waals surface area contributed by atoms with Gasteiger partial charge in [-0.2, -0.15) is 0 Å². The molecule has 2 bridgehead atoms. The summed E-state index contributed by atoms with van der Waals surface area (Å²) >= 11 is 1.65. The molecule has 9 heteroatoms. The first-order valence-electron chi connectivity index (χ1n) is 13.9. The van der Waals surface area contributed by atoms with Crippen LogP contribution in [0.3, 0.4) is 0 Å². The molecule has 39 heavy (non-hydrogen) atoms. The van der Waals surface area contributed by atoms with Crippen LogP contribution in [-0.4, -0.2) is 69.5 Å². The van der Waals surface area contributed by atoms with Crippen LogP contribution in [0.2, 0.25) is 0 Å². The number of fused-ring (bicyclic) bond motifs is 1. The second-order valence-corrected chi connectivity index (χ2v) is 12.8. The molecule has 3 heterocycles. The molecule has 2 aromatic rings. The van der Waals surface area contributed by atoms with Crippen molar-refractivity contribution in [3.8, 4) is 0 Å². The van der Waals surface area contributed by atoms with Crippen LogP contribution in [0.4, 0.5) is 17.1 Å². The van der Waals surface area contributed by atoms with E-state index in [9.17, 15) is 19.5 Å². The molecule has 3 fully saturated rings. The summed E-state index contributed by atoms with van der Waals surface area (Å²) in [6.45, 7) is 8.26. The maximum absolute atomic E-state index is 14.0. The minimum absolute atomic E-state index is 0.0780. The van der Waals surface area contributed by atoms with Gasteiger partial charge in [0.15, 0.2) is 0 Å². The Morgan fingerprint density at radius 3 is 2.28 bits per heavy atom. The molecule has 8 nitrogen and oxygen atoms in total. The smallest absolute Gasteiger partial charge is 0.248 e. The van der Waals surface area contributed by atoms with E-state index in [0.29, 0.717) is 24.2 Å². The maximum Gasteiger partial charge on any atom is 0.248 e. The third kappa shape index (κ3) is 4.69. The number of para-hydroxylation sites is 1. The number of rotatable bonds is 10. The van der Waals surface area contributed by atoms with Gasteiger partial charge in [0.1, 0.15) is 6.04 Å². The summed E-state index contributed by atoms with van der Waals surface area (Å²) < 4.78 is -1.13. The van der Waals surface area contributed by atoms with Gasteiger partial charge in [-0.3, -0.25) is 14.4 Å². The van der Waals surface area contributed by atoms with Crippen LogP contribution in [0.25, 0.3) is 0 Å². The Balaban J connectivity index is 1.44. The number of likely N-dealkylation sites (tertiary alicyclic amines) is 1. The van der Waals surface area contributed by atoms with Gasteiger partial charge in [-0.1, -0.05) is 18.2 Å². The number of nitrogens with zero attached hydrogens (tertiary/aromatic N) is 2. The molecule has 3 aliphatic heterocycles. The van der Waals surface area contributed by atoms with Crippen LogP contribution in [0.15, 0.2) is 54.6 Å². The molecule has 3 amide bonds. The lowest BCUT2D eigenvalue weighted by molar-refractivity contribution is -0.139. The van der Waals surface area contributed by atoms with Crippen molar-refractivity contribution in [3.63, 3.8) is 0 Å². The molecule has 2 unspecified atom stereocenters. The normalized spacial score (nSPS) is 28.9. The molecule has 5 rings (SSSR count). The topological polar surface area (TPSA) is 102 Å². The molecule has 208 valence electrons. The highest BCUT2D eigenvalue weighted by molar-refractivity contribution is 8.02. The molecule has 5 atom stereocenters. The van der Waals surface area contributed by atoms with Crippen LogP contribution in [-0.2, 0) is 14.4 Å². The third-order valence-corrected chi connectivity index (χ3v) is 10.7. The highest BCUT2D eigenvalue weighted by atomic mass is 32.2. The second-order valence-electron chi connectivity index (χ2n) is 10.9. The highest BCUT2D eigenvalue weighted by Crippen LogP contribution is 2.71. The van der Waals surface area contributed by atoms with Gasteiger partial charge in [-0.15, -0.1) is 11.8 Å². The minimum atomic E-state index is -0.717. The average Bonchev–Trinajstić information content (AvgIpc) is 3.50. The van der Waals surface area contributed by atoms with Crippen molar-refractivity contribution < 1.29 is 19.5 Å². The maximum atomic E-state index is 14.0. The van der Waals surface area contributed by atoms with Gasteiger partial charge >= 0.3 is 0 Å². The first kappa shape index (κ1) is 27.5. The summed E-state index contributed by atoms with van der Waals surface area (Å²) in [4.78, 5) is 45.5. The zero-order chi connectivity index (χ0) is 27.8. The van der Waals surface area contributed by atoms with Crippen LogP contribution in [0.1, 0.15) is 40.0 Å². The van der Waals surface area contributed by atoms with Crippen LogP contribution < -0.4 is 15.5 Å².